The van der Waals surface area contributed by atoms with Gasteiger partial charge in [-0.3, -0.25) is 10.1 Å². The largest absolute Gasteiger partial charge is 0.392 e. The third-order valence-electron chi connectivity index (χ3n) is 1.75. The summed E-state index contributed by atoms with van der Waals surface area (Å²) in [4.78, 5) is 9.93. The Hall–Kier alpha value is -1.94. The fourth-order valence-electron chi connectivity index (χ4n) is 1.01. The highest BCUT2D eigenvalue weighted by atomic mass is 16.6. The van der Waals surface area contributed by atoms with Crippen molar-refractivity contribution in [1.82, 2.24) is 0 Å². The Morgan fingerprint density at radius 3 is 2.47 bits per heavy atom. The molecule has 0 unspecified atom stereocenters. The van der Waals surface area contributed by atoms with E-state index in [1.807, 2.05) is 0 Å². The summed E-state index contributed by atoms with van der Waals surface area (Å²) < 4.78 is 0. The van der Waals surface area contributed by atoms with Crippen molar-refractivity contribution >= 4 is 11.8 Å². The molecule has 15 heavy (non-hydrogen) atoms. The fraction of sp³-hybridized carbons (Fsp3) is 0.0909. The molecule has 0 aliphatic heterocycles. The molecule has 0 saturated carbocycles. The van der Waals surface area contributed by atoms with Crippen LogP contribution in [0.4, 0.5) is 5.69 Å². The average molecular weight is 205 g/mol. The van der Waals surface area contributed by atoms with E-state index in [4.69, 9.17) is 5.11 Å². The topological polar surface area (TPSA) is 63.4 Å². The van der Waals surface area contributed by atoms with Crippen molar-refractivity contribution in [2.24, 2.45) is 0 Å². The number of hydrogen-bond acceptors (Lipinski definition) is 3. The van der Waals surface area contributed by atoms with Gasteiger partial charge in [0.05, 0.1) is 11.5 Å². The Morgan fingerprint density at radius 2 is 1.93 bits per heavy atom. The number of aliphatic hydroxyl groups excluding tert-OH is 1. The van der Waals surface area contributed by atoms with Crippen molar-refractivity contribution in [1.29, 1.82) is 0 Å². The predicted molar refractivity (Wildman–Crippen MR) is 58.4 cm³/mol. The summed E-state index contributed by atoms with van der Waals surface area (Å²) in [6, 6.07) is 6.24. The molecule has 0 heterocycles. The maximum atomic E-state index is 10.4. The highest BCUT2D eigenvalue weighted by Crippen LogP contribution is 2.12. The van der Waals surface area contributed by atoms with E-state index in [1.54, 1.807) is 36.4 Å². The van der Waals surface area contributed by atoms with Gasteiger partial charge in [0, 0.05) is 12.1 Å². The standard InChI is InChI=1S/C11H11NO3/c13-9-3-1-2-4-10-5-7-11(8-6-10)12(14)15/h1-8,13H,9H2/b3-1+,4-2+. The van der Waals surface area contributed by atoms with Crippen LogP contribution in [0.3, 0.4) is 0 Å². The van der Waals surface area contributed by atoms with Gasteiger partial charge in [0.25, 0.3) is 5.69 Å². The van der Waals surface area contributed by atoms with Crippen molar-refractivity contribution in [3.8, 4) is 0 Å². The van der Waals surface area contributed by atoms with Crippen LogP contribution in [0.5, 0.6) is 0 Å². The molecule has 0 saturated heterocycles. The Kier molecular flexibility index (Phi) is 4.25. The second kappa shape index (κ2) is 5.72. The Labute approximate surface area is 87.3 Å². The van der Waals surface area contributed by atoms with Crippen LogP contribution in [0.2, 0.25) is 0 Å². The van der Waals surface area contributed by atoms with Crippen LogP contribution in [0, 0.1) is 10.1 Å². The molecule has 0 spiro atoms. The quantitative estimate of drug-likeness (QED) is 0.465. The number of hydrogen-bond donors (Lipinski definition) is 1. The minimum Gasteiger partial charge on any atom is -0.392 e. The van der Waals surface area contributed by atoms with Crippen LogP contribution in [-0.4, -0.2) is 16.6 Å². The number of nitrogens with zero attached hydrogens (tertiary/aromatic N) is 1. The monoisotopic (exact) mass is 205 g/mol. The molecule has 0 fully saturated rings. The van der Waals surface area contributed by atoms with E-state index in [0.29, 0.717) is 0 Å². The van der Waals surface area contributed by atoms with Crippen molar-refractivity contribution in [2.45, 2.75) is 0 Å². The zero-order valence-corrected chi connectivity index (χ0v) is 8.04. The van der Waals surface area contributed by atoms with E-state index in [9.17, 15) is 10.1 Å². The molecule has 0 amide bonds. The number of benzene rings is 1. The molecule has 1 aromatic rings. The molecule has 1 N–H and O–H groups in total. The summed E-state index contributed by atoms with van der Waals surface area (Å²) in [7, 11) is 0. The average Bonchev–Trinajstić information content (AvgIpc) is 2.25. The molecule has 0 aliphatic carbocycles. The van der Waals surface area contributed by atoms with Crippen LogP contribution in [-0.2, 0) is 0 Å². The molecule has 0 radical (unpaired) electrons. The van der Waals surface area contributed by atoms with Crippen LogP contribution in [0.1, 0.15) is 5.56 Å². The van der Waals surface area contributed by atoms with E-state index in [-0.39, 0.29) is 12.3 Å². The lowest BCUT2D eigenvalue weighted by Crippen LogP contribution is -1.86. The number of non-ortho nitro benzene ring substituents is 1. The van der Waals surface area contributed by atoms with Crippen molar-refractivity contribution in [3.05, 3.63) is 58.2 Å². The molecule has 0 atom stereocenters. The van der Waals surface area contributed by atoms with Crippen LogP contribution in [0.15, 0.2) is 42.5 Å². The first kappa shape index (κ1) is 11.1. The van der Waals surface area contributed by atoms with Gasteiger partial charge in [-0.15, -0.1) is 0 Å². The van der Waals surface area contributed by atoms with E-state index < -0.39 is 4.92 Å². The number of aliphatic hydroxyl groups is 1. The van der Waals surface area contributed by atoms with E-state index in [1.165, 1.54) is 12.1 Å². The number of nitro benzene ring substituents is 1. The zero-order valence-electron chi connectivity index (χ0n) is 8.04. The summed E-state index contributed by atoms with van der Waals surface area (Å²) in [5.41, 5.74) is 0.959. The van der Waals surface area contributed by atoms with Gasteiger partial charge in [0.1, 0.15) is 0 Å². The Balaban J connectivity index is 2.68. The molecular formula is C11H11NO3. The number of allylic oxidation sites excluding steroid dienone is 2. The lowest BCUT2D eigenvalue weighted by molar-refractivity contribution is -0.384. The molecule has 0 aliphatic rings. The van der Waals surface area contributed by atoms with Gasteiger partial charge in [-0.05, 0) is 17.7 Å². The SMILES string of the molecule is O=[N+]([O-])c1ccc(/C=C/C=C/CO)cc1. The van der Waals surface area contributed by atoms with E-state index >= 15 is 0 Å². The molecule has 0 aromatic heterocycles. The third-order valence-corrected chi connectivity index (χ3v) is 1.75. The lowest BCUT2D eigenvalue weighted by Gasteiger charge is -1.92. The van der Waals surface area contributed by atoms with E-state index in [2.05, 4.69) is 0 Å². The molecule has 0 bridgehead atoms. The van der Waals surface area contributed by atoms with Crippen molar-refractivity contribution in [2.75, 3.05) is 6.61 Å². The summed E-state index contributed by atoms with van der Waals surface area (Å²) >= 11 is 0. The fourth-order valence-corrected chi connectivity index (χ4v) is 1.01. The summed E-state index contributed by atoms with van der Waals surface area (Å²) in [6.45, 7) is 0.00456. The Bertz CT molecular complexity index is 379. The van der Waals surface area contributed by atoms with Gasteiger partial charge in [0.15, 0.2) is 0 Å². The second-order valence-corrected chi connectivity index (χ2v) is 2.82. The number of rotatable bonds is 4. The number of nitro groups is 1. The smallest absolute Gasteiger partial charge is 0.269 e. The minimum atomic E-state index is -0.431. The van der Waals surface area contributed by atoms with Gasteiger partial charge in [-0.2, -0.15) is 0 Å². The normalized spacial score (nSPS) is 11.3. The first-order chi connectivity index (χ1) is 7.24. The van der Waals surface area contributed by atoms with Crippen molar-refractivity contribution in [3.63, 3.8) is 0 Å². The molecule has 4 heteroatoms. The van der Waals surface area contributed by atoms with Gasteiger partial charge in [-0.25, -0.2) is 0 Å². The van der Waals surface area contributed by atoms with E-state index in [0.717, 1.165) is 5.56 Å². The van der Waals surface area contributed by atoms with Crippen LogP contribution < -0.4 is 0 Å². The highest BCUT2D eigenvalue weighted by Gasteiger charge is 2.01. The van der Waals surface area contributed by atoms with Crippen molar-refractivity contribution < 1.29 is 10.0 Å². The third kappa shape index (κ3) is 3.74. The Morgan fingerprint density at radius 1 is 1.27 bits per heavy atom. The maximum Gasteiger partial charge on any atom is 0.269 e. The first-order valence-electron chi connectivity index (χ1n) is 4.42. The van der Waals surface area contributed by atoms with Gasteiger partial charge >= 0.3 is 0 Å². The molecule has 1 rings (SSSR count). The summed E-state index contributed by atoms with van der Waals surface area (Å²) in [6.07, 6.45) is 6.87. The predicted octanol–water partition coefficient (Wildman–Crippen LogP) is 2.16. The second-order valence-electron chi connectivity index (χ2n) is 2.82. The summed E-state index contributed by atoms with van der Waals surface area (Å²) in [5.74, 6) is 0. The molecule has 1 aromatic carbocycles. The van der Waals surface area contributed by atoms with Crippen LogP contribution >= 0.6 is 0 Å². The molecular weight excluding hydrogens is 194 g/mol. The van der Waals surface area contributed by atoms with Gasteiger partial charge < -0.3 is 5.11 Å². The van der Waals surface area contributed by atoms with Crippen LogP contribution in [0.25, 0.3) is 6.08 Å². The summed E-state index contributed by atoms with van der Waals surface area (Å²) in [5, 5.41) is 18.8. The lowest BCUT2D eigenvalue weighted by atomic mass is 10.2. The molecule has 78 valence electrons. The molecule has 4 nitrogen and oxygen atoms in total. The highest BCUT2D eigenvalue weighted by molar-refractivity contribution is 5.53. The first-order valence-corrected chi connectivity index (χ1v) is 4.42. The van der Waals surface area contributed by atoms with Gasteiger partial charge in [-0.1, -0.05) is 24.3 Å². The minimum absolute atomic E-state index is 0.00456. The zero-order chi connectivity index (χ0) is 11.1. The van der Waals surface area contributed by atoms with Gasteiger partial charge in [0.2, 0.25) is 0 Å². The maximum absolute atomic E-state index is 10.4.